The van der Waals surface area contributed by atoms with Gasteiger partial charge in [-0.15, -0.1) is 0 Å². The third-order valence-corrected chi connectivity index (χ3v) is 4.40. The van der Waals surface area contributed by atoms with Crippen molar-refractivity contribution in [1.29, 1.82) is 0 Å². The lowest BCUT2D eigenvalue weighted by atomic mass is 10.3. The van der Waals surface area contributed by atoms with Crippen LogP contribution in [-0.4, -0.2) is 44.2 Å². The number of amides is 2. The van der Waals surface area contributed by atoms with Gasteiger partial charge in [-0.25, -0.2) is 4.79 Å². The van der Waals surface area contributed by atoms with Crippen molar-refractivity contribution in [3.05, 3.63) is 47.4 Å². The third-order valence-electron chi connectivity index (χ3n) is 4.17. The Morgan fingerprint density at radius 2 is 2.17 bits per heavy atom. The van der Waals surface area contributed by atoms with Crippen LogP contribution in [-0.2, 0) is 6.54 Å². The van der Waals surface area contributed by atoms with E-state index in [1.54, 1.807) is 31.6 Å². The number of methoxy groups -OCH3 is 1. The molecule has 1 aliphatic rings. The van der Waals surface area contributed by atoms with Crippen LogP contribution in [0.15, 0.2) is 41.0 Å². The number of ether oxygens (including phenoxy) is 1. The second-order valence-corrected chi connectivity index (χ2v) is 6.20. The Bertz CT molecular complexity index is 682. The fourth-order valence-electron chi connectivity index (χ4n) is 2.83. The zero-order valence-electron chi connectivity index (χ0n) is 13.5. The quantitative estimate of drug-likeness (QED) is 0.885. The van der Waals surface area contributed by atoms with Crippen molar-refractivity contribution in [1.82, 2.24) is 4.90 Å². The number of hydrogen-bond acceptors (Lipinski definition) is 3. The number of urea groups is 1. The molecule has 6 nitrogen and oxygen atoms in total. The highest BCUT2D eigenvalue weighted by Crippen LogP contribution is 2.27. The molecule has 0 saturated carbocycles. The van der Waals surface area contributed by atoms with Gasteiger partial charge in [0.15, 0.2) is 5.76 Å². The summed E-state index contributed by atoms with van der Waals surface area (Å²) in [4.78, 5) is 15.7. The van der Waals surface area contributed by atoms with Crippen molar-refractivity contribution in [2.45, 2.75) is 6.54 Å². The highest BCUT2D eigenvalue weighted by atomic mass is 35.5. The number of quaternary nitrogens is 1. The van der Waals surface area contributed by atoms with E-state index in [1.165, 1.54) is 4.90 Å². The zero-order valence-corrected chi connectivity index (χ0v) is 14.3. The van der Waals surface area contributed by atoms with Gasteiger partial charge in [-0.2, -0.15) is 0 Å². The monoisotopic (exact) mass is 350 g/mol. The summed E-state index contributed by atoms with van der Waals surface area (Å²) in [5.74, 6) is 1.57. The van der Waals surface area contributed by atoms with Crippen LogP contribution in [0.2, 0.25) is 5.02 Å². The Kier molecular flexibility index (Phi) is 5.27. The molecular weight excluding hydrogens is 330 g/mol. The largest absolute Gasteiger partial charge is 0.495 e. The van der Waals surface area contributed by atoms with Gasteiger partial charge in [-0.1, -0.05) is 11.6 Å². The SMILES string of the molecule is COc1ccc(Cl)cc1NC(=O)N1CC[NH+](Cc2ccco2)CC1. The highest BCUT2D eigenvalue weighted by Gasteiger charge is 2.24. The first-order valence-corrected chi connectivity index (χ1v) is 8.29. The van der Waals surface area contributed by atoms with Crippen LogP contribution >= 0.6 is 11.6 Å². The summed E-state index contributed by atoms with van der Waals surface area (Å²) in [5, 5.41) is 3.44. The first kappa shape index (κ1) is 16.7. The molecule has 1 aliphatic heterocycles. The van der Waals surface area contributed by atoms with Crippen LogP contribution in [0.5, 0.6) is 5.75 Å². The first-order chi connectivity index (χ1) is 11.7. The lowest BCUT2D eigenvalue weighted by Crippen LogP contribution is -3.13. The fraction of sp³-hybridized carbons (Fsp3) is 0.353. The summed E-state index contributed by atoms with van der Waals surface area (Å²) in [5.41, 5.74) is 0.584. The predicted octanol–water partition coefficient (Wildman–Crippen LogP) is 1.87. The summed E-state index contributed by atoms with van der Waals surface area (Å²) < 4.78 is 10.6. The molecule has 1 aromatic carbocycles. The number of hydrogen-bond donors (Lipinski definition) is 2. The van der Waals surface area contributed by atoms with Crippen LogP contribution in [0.4, 0.5) is 10.5 Å². The fourth-order valence-corrected chi connectivity index (χ4v) is 3.01. The Morgan fingerprint density at radius 1 is 1.38 bits per heavy atom. The number of nitrogens with zero attached hydrogens (tertiary/aromatic N) is 1. The average Bonchev–Trinajstić information content (AvgIpc) is 3.09. The smallest absolute Gasteiger partial charge is 0.322 e. The Hall–Kier alpha value is -2.18. The number of piperazine rings is 1. The molecule has 7 heteroatoms. The zero-order chi connectivity index (χ0) is 16.9. The molecule has 1 aromatic heterocycles. The average molecular weight is 351 g/mol. The number of nitrogens with one attached hydrogen (secondary N) is 2. The van der Waals surface area contributed by atoms with Gasteiger partial charge in [0, 0.05) is 5.02 Å². The maximum absolute atomic E-state index is 12.5. The van der Waals surface area contributed by atoms with Crippen molar-refractivity contribution >= 4 is 23.3 Å². The molecule has 2 aromatic rings. The molecule has 24 heavy (non-hydrogen) atoms. The van der Waals surface area contributed by atoms with Crippen LogP contribution in [0, 0.1) is 0 Å². The number of benzene rings is 1. The highest BCUT2D eigenvalue weighted by molar-refractivity contribution is 6.31. The van der Waals surface area contributed by atoms with E-state index < -0.39 is 0 Å². The van der Waals surface area contributed by atoms with Crippen molar-refractivity contribution in [3.8, 4) is 5.75 Å². The minimum Gasteiger partial charge on any atom is -0.495 e. The minimum atomic E-state index is -0.132. The van der Waals surface area contributed by atoms with E-state index in [9.17, 15) is 4.79 Å². The molecular formula is C17H21ClN3O3+. The topological polar surface area (TPSA) is 59.1 Å². The van der Waals surface area contributed by atoms with Crippen LogP contribution < -0.4 is 15.0 Å². The lowest BCUT2D eigenvalue weighted by Gasteiger charge is -2.31. The van der Waals surface area contributed by atoms with Gasteiger partial charge >= 0.3 is 6.03 Å². The second kappa shape index (κ2) is 7.59. The van der Waals surface area contributed by atoms with Gasteiger partial charge in [0.1, 0.15) is 12.3 Å². The summed E-state index contributed by atoms with van der Waals surface area (Å²) in [6, 6.07) is 8.91. The Labute approximate surface area is 145 Å². The molecule has 0 aliphatic carbocycles. The van der Waals surface area contributed by atoms with Crippen molar-refractivity contribution in [2.75, 3.05) is 38.6 Å². The van der Waals surface area contributed by atoms with Crippen LogP contribution in [0.3, 0.4) is 0 Å². The van der Waals surface area contributed by atoms with E-state index in [-0.39, 0.29) is 6.03 Å². The number of rotatable bonds is 4. The van der Waals surface area contributed by atoms with Gasteiger partial charge in [0.2, 0.25) is 0 Å². The van der Waals surface area contributed by atoms with E-state index in [4.69, 9.17) is 20.8 Å². The van der Waals surface area contributed by atoms with E-state index in [2.05, 4.69) is 5.32 Å². The van der Waals surface area contributed by atoms with E-state index in [0.29, 0.717) is 29.5 Å². The molecule has 0 bridgehead atoms. The predicted molar refractivity (Wildman–Crippen MR) is 91.7 cm³/mol. The number of halogens is 1. The van der Waals surface area contributed by atoms with E-state index >= 15 is 0 Å². The second-order valence-electron chi connectivity index (χ2n) is 5.77. The maximum Gasteiger partial charge on any atom is 0.322 e. The summed E-state index contributed by atoms with van der Waals surface area (Å²) in [7, 11) is 1.57. The Morgan fingerprint density at radius 3 is 2.83 bits per heavy atom. The molecule has 3 rings (SSSR count). The molecule has 0 radical (unpaired) electrons. The summed E-state index contributed by atoms with van der Waals surface area (Å²) in [6.07, 6.45) is 1.69. The van der Waals surface area contributed by atoms with Gasteiger partial charge in [0.25, 0.3) is 0 Å². The number of anilines is 1. The van der Waals surface area contributed by atoms with Crippen LogP contribution in [0.1, 0.15) is 5.76 Å². The molecule has 2 amide bonds. The molecule has 0 atom stereocenters. The summed E-state index contributed by atoms with van der Waals surface area (Å²) in [6.45, 7) is 4.03. The number of carbonyl (C=O) groups is 1. The molecule has 2 heterocycles. The first-order valence-electron chi connectivity index (χ1n) is 7.91. The van der Waals surface area contributed by atoms with Gasteiger partial charge in [-0.05, 0) is 30.3 Å². The van der Waals surface area contributed by atoms with Crippen LogP contribution in [0.25, 0.3) is 0 Å². The van der Waals surface area contributed by atoms with Crippen molar-refractivity contribution in [2.24, 2.45) is 0 Å². The van der Waals surface area contributed by atoms with Crippen molar-refractivity contribution < 1.29 is 18.8 Å². The Balaban J connectivity index is 1.54. The number of furan rings is 1. The summed E-state index contributed by atoms with van der Waals surface area (Å²) >= 11 is 6.00. The minimum absolute atomic E-state index is 0.132. The molecule has 0 unspecified atom stereocenters. The lowest BCUT2D eigenvalue weighted by molar-refractivity contribution is -0.918. The van der Waals surface area contributed by atoms with E-state index in [1.807, 2.05) is 17.0 Å². The molecule has 128 valence electrons. The molecule has 1 fully saturated rings. The maximum atomic E-state index is 12.5. The normalized spacial score (nSPS) is 15.3. The molecule has 0 spiro atoms. The molecule has 2 N–H and O–H groups in total. The number of carbonyl (C=O) groups excluding carboxylic acids is 1. The van der Waals surface area contributed by atoms with Gasteiger partial charge < -0.3 is 24.3 Å². The van der Waals surface area contributed by atoms with Crippen molar-refractivity contribution in [3.63, 3.8) is 0 Å². The third kappa shape index (κ3) is 4.01. The van der Waals surface area contributed by atoms with E-state index in [0.717, 1.165) is 25.4 Å². The molecule has 1 saturated heterocycles. The van der Waals surface area contributed by atoms with Gasteiger partial charge in [0.05, 0.1) is 45.2 Å². The van der Waals surface area contributed by atoms with Gasteiger partial charge in [-0.3, -0.25) is 0 Å². The standard InChI is InChI=1S/C17H20ClN3O3/c1-23-16-5-4-13(18)11-15(16)19-17(22)21-8-6-20(7-9-21)12-14-3-2-10-24-14/h2-5,10-11H,6-9,12H2,1H3,(H,19,22)/p+1.